The SMILES string of the molecule is CCCCc1cc2c3c(c1)N1c4ccccc4C(c4ccccc4)(c4ccccc4)c4cccc(c41)B3N(c1ccccc1)c1c-2ccc2c1oc1cc3c(cc12)C(C)(C)CCC3(C)C. The van der Waals surface area contributed by atoms with Crippen molar-refractivity contribution in [1.29, 1.82) is 0 Å². The van der Waals surface area contributed by atoms with Gasteiger partial charge in [-0.25, -0.2) is 0 Å². The third kappa shape index (κ3) is 5.26. The molecule has 0 bridgehead atoms. The number of para-hydroxylation sites is 3. The summed E-state index contributed by atoms with van der Waals surface area (Å²) in [6.07, 6.45) is 5.63. The van der Waals surface area contributed by atoms with E-state index in [0.717, 1.165) is 48.2 Å². The number of benzene rings is 8. The lowest BCUT2D eigenvalue weighted by Crippen LogP contribution is -2.62. The molecule has 1 aliphatic carbocycles. The van der Waals surface area contributed by atoms with Gasteiger partial charge in [-0.1, -0.05) is 168 Å². The van der Waals surface area contributed by atoms with Crippen LogP contribution in [0.3, 0.4) is 0 Å². The van der Waals surface area contributed by atoms with Crippen LogP contribution in [0.2, 0.25) is 0 Å². The van der Waals surface area contributed by atoms with Gasteiger partial charge in [0.15, 0.2) is 5.58 Å². The van der Waals surface area contributed by atoms with Gasteiger partial charge in [0.05, 0.1) is 16.8 Å². The van der Waals surface area contributed by atoms with Crippen LogP contribution in [0.15, 0.2) is 174 Å². The molecule has 0 radical (unpaired) electrons. The van der Waals surface area contributed by atoms with Crippen molar-refractivity contribution in [3.8, 4) is 11.1 Å². The molecule has 0 amide bonds. The van der Waals surface area contributed by atoms with E-state index in [-0.39, 0.29) is 17.7 Å². The summed E-state index contributed by atoms with van der Waals surface area (Å²) in [5.74, 6) is 0. The van der Waals surface area contributed by atoms with E-state index in [1.165, 1.54) is 95.3 Å². The van der Waals surface area contributed by atoms with Gasteiger partial charge < -0.3 is 14.1 Å². The van der Waals surface area contributed by atoms with Crippen molar-refractivity contribution in [2.45, 2.75) is 83.0 Å². The number of aryl methyl sites for hydroxylation is 1. The van der Waals surface area contributed by atoms with E-state index >= 15 is 0 Å². The Morgan fingerprint density at radius 1 is 0.554 bits per heavy atom. The molecule has 4 aliphatic rings. The van der Waals surface area contributed by atoms with Gasteiger partial charge in [0.25, 0.3) is 0 Å². The molecule has 0 saturated carbocycles. The molecular weight excluding hydrogens is 787 g/mol. The predicted molar refractivity (Wildman–Crippen MR) is 273 cm³/mol. The average Bonchev–Trinajstić information content (AvgIpc) is 3.72. The van der Waals surface area contributed by atoms with Crippen molar-refractivity contribution in [1.82, 2.24) is 0 Å². The van der Waals surface area contributed by atoms with E-state index < -0.39 is 5.41 Å². The molecule has 0 saturated heterocycles. The average molecular weight is 841 g/mol. The van der Waals surface area contributed by atoms with Crippen LogP contribution < -0.4 is 20.6 Å². The molecule has 0 fully saturated rings. The molecule has 316 valence electrons. The Hall–Kier alpha value is -6.78. The zero-order valence-electron chi connectivity index (χ0n) is 38.1. The van der Waals surface area contributed by atoms with Gasteiger partial charge in [-0.2, -0.15) is 0 Å². The first kappa shape index (κ1) is 38.7. The summed E-state index contributed by atoms with van der Waals surface area (Å²) in [4.78, 5) is 5.29. The monoisotopic (exact) mass is 840 g/mol. The second-order valence-electron chi connectivity index (χ2n) is 20.5. The van der Waals surface area contributed by atoms with Crippen LogP contribution in [-0.2, 0) is 22.7 Å². The molecule has 4 heterocycles. The van der Waals surface area contributed by atoms with Crippen molar-refractivity contribution in [3.63, 3.8) is 0 Å². The van der Waals surface area contributed by atoms with Gasteiger partial charge in [0, 0.05) is 33.4 Å². The predicted octanol–water partition coefficient (Wildman–Crippen LogP) is 14.7. The molecule has 9 aromatic rings. The van der Waals surface area contributed by atoms with Crippen LogP contribution in [0.1, 0.15) is 99.2 Å². The van der Waals surface area contributed by atoms with Crippen LogP contribution in [0.5, 0.6) is 0 Å². The maximum atomic E-state index is 7.39. The zero-order chi connectivity index (χ0) is 43.8. The van der Waals surface area contributed by atoms with Crippen molar-refractivity contribution in [2.24, 2.45) is 0 Å². The van der Waals surface area contributed by atoms with Crippen molar-refractivity contribution >= 4 is 68.1 Å². The van der Waals surface area contributed by atoms with Gasteiger partial charge in [-0.3, -0.25) is 0 Å². The summed E-state index contributed by atoms with van der Waals surface area (Å²) in [6.45, 7) is 11.8. The number of rotatable bonds is 6. The maximum Gasteiger partial charge on any atom is 0.333 e. The summed E-state index contributed by atoms with van der Waals surface area (Å²) in [5.41, 5.74) is 22.2. The van der Waals surface area contributed by atoms with E-state index in [0.29, 0.717) is 0 Å². The minimum atomic E-state index is -0.571. The number of furan rings is 1. The third-order valence-electron chi connectivity index (χ3n) is 15.9. The highest BCUT2D eigenvalue weighted by atomic mass is 16.3. The van der Waals surface area contributed by atoms with Gasteiger partial charge in [0.1, 0.15) is 5.58 Å². The lowest BCUT2D eigenvalue weighted by Gasteiger charge is -2.52. The Bertz CT molecular complexity index is 3340. The van der Waals surface area contributed by atoms with E-state index in [9.17, 15) is 0 Å². The normalized spacial score (nSPS) is 16.7. The molecule has 65 heavy (non-hydrogen) atoms. The second kappa shape index (κ2) is 13.9. The number of anilines is 5. The fraction of sp³-hybridized carbons (Fsp3) is 0.213. The van der Waals surface area contributed by atoms with Gasteiger partial charge in [0.2, 0.25) is 0 Å². The molecule has 4 heteroatoms. The van der Waals surface area contributed by atoms with Gasteiger partial charge in [-0.15, -0.1) is 0 Å². The first-order valence-electron chi connectivity index (χ1n) is 23.9. The minimum Gasteiger partial charge on any atom is -0.454 e. The summed E-state index contributed by atoms with van der Waals surface area (Å²) >= 11 is 0. The van der Waals surface area contributed by atoms with Crippen molar-refractivity contribution in [3.05, 3.63) is 209 Å². The quantitative estimate of drug-likeness (QED) is 0.156. The molecule has 0 spiro atoms. The van der Waals surface area contributed by atoms with Crippen molar-refractivity contribution in [2.75, 3.05) is 9.71 Å². The maximum absolute atomic E-state index is 7.39. The summed E-state index contributed by atoms with van der Waals surface area (Å²) in [6, 6.07) is 64.7. The summed E-state index contributed by atoms with van der Waals surface area (Å²) in [5, 5.41) is 2.39. The summed E-state index contributed by atoms with van der Waals surface area (Å²) < 4.78 is 7.39. The smallest absolute Gasteiger partial charge is 0.333 e. The molecule has 3 aliphatic heterocycles. The lowest BCUT2D eigenvalue weighted by atomic mass is 9.42. The molecule has 0 atom stereocenters. The molecule has 1 aromatic heterocycles. The Balaban J connectivity index is 1.17. The van der Waals surface area contributed by atoms with Crippen LogP contribution >= 0.6 is 0 Å². The number of hydrogen-bond acceptors (Lipinski definition) is 3. The highest BCUT2D eigenvalue weighted by molar-refractivity contribution is 6.94. The second-order valence-corrected chi connectivity index (χ2v) is 20.5. The summed E-state index contributed by atoms with van der Waals surface area (Å²) in [7, 11) is 0. The van der Waals surface area contributed by atoms with E-state index in [4.69, 9.17) is 4.42 Å². The van der Waals surface area contributed by atoms with E-state index in [1.807, 2.05) is 0 Å². The molecule has 0 unspecified atom stereocenters. The molecule has 8 aromatic carbocycles. The van der Waals surface area contributed by atoms with Crippen LogP contribution in [-0.4, -0.2) is 6.85 Å². The third-order valence-corrected chi connectivity index (χ3v) is 15.9. The van der Waals surface area contributed by atoms with E-state index in [2.05, 4.69) is 214 Å². The Morgan fingerprint density at radius 2 is 1.20 bits per heavy atom. The molecular formula is C61H53BN2O. The van der Waals surface area contributed by atoms with Crippen LogP contribution in [0, 0.1) is 0 Å². The number of hydrogen-bond donors (Lipinski definition) is 0. The largest absolute Gasteiger partial charge is 0.454 e. The number of fused-ring (bicyclic) bond motifs is 11. The highest BCUT2D eigenvalue weighted by Crippen LogP contribution is 2.60. The topological polar surface area (TPSA) is 19.6 Å². The Labute approximate surface area is 383 Å². The highest BCUT2D eigenvalue weighted by Gasteiger charge is 2.53. The first-order chi connectivity index (χ1) is 31.7. The standard InChI is InChI=1S/C61H53BN2O/c1-6-7-20-39-35-46-43-31-32-44-45-37-49-50(60(4,5)34-33-59(49,2)3)38-54(45)65-58(44)56(43)64(42-25-15-10-16-26-42)62-51-29-19-28-48-57(51)63(53(36-39)55(46)62)52-30-18-17-27-47(52)61(48,40-21-11-8-12-22-40)41-23-13-9-14-24-41/h8-19,21-32,35-38H,6-7,20,33-34H2,1-5H3. The number of nitrogens with zero attached hydrogens (tertiary/aromatic N) is 2. The van der Waals surface area contributed by atoms with Gasteiger partial charge >= 0.3 is 6.85 Å². The fourth-order valence-electron chi connectivity index (χ4n) is 12.7. The van der Waals surface area contributed by atoms with Crippen LogP contribution in [0.4, 0.5) is 28.4 Å². The number of unbranched alkanes of at least 4 members (excludes halogenated alkanes) is 1. The zero-order valence-corrected chi connectivity index (χ0v) is 38.1. The lowest BCUT2D eigenvalue weighted by molar-refractivity contribution is 0.332. The van der Waals surface area contributed by atoms with E-state index in [1.54, 1.807) is 0 Å². The fourth-order valence-corrected chi connectivity index (χ4v) is 12.7. The Morgan fingerprint density at radius 3 is 1.91 bits per heavy atom. The van der Waals surface area contributed by atoms with Crippen LogP contribution in [0.25, 0.3) is 33.1 Å². The minimum absolute atomic E-state index is 0.0749. The first-order valence-corrected chi connectivity index (χ1v) is 23.9. The Kier molecular flexibility index (Phi) is 8.25. The molecule has 3 nitrogen and oxygen atoms in total. The molecule has 0 N–H and O–H groups in total. The molecule has 13 rings (SSSR count). The van der Waals surface area contributed by atoms with Crippen molar-refractivity contribution < 1.29 is 4.42 Å². The van der Waals surface area contributed by atoms with Gasteiger partial charge in [-0.05, 0) is 134 Å².